The van der Waals surface area contributed by atoms with Crippen LogP contribution in [-0.2, 0) is 4.79 Å². The number of fused-ring (bicyclic) bond motifs is 1. The lowest BCUT2D eigenvalue weighted by atomic mass is 9.88. The van der Waals surface area contributed by atoms with Crippen molar-refractivity contribution in [2.45, 2.75) is 40.2 Å². The van der Waals surface area contributed by atoms with Crippen molar-refractivity contribution in [3.8, 4) is 17.0 Å². The molecule has 3 aromatic rings. The molecule has 28 heavy (non-hydrogen) atoms. The molecular weight excluding hydrogens is 354 g/mol. The molecule has 1 amide bonds. The van der Waals surface area contributed by atoms with Gasteiger partial charge in [0.25, 0.3) is 0 Å². The Morgan fingerprint density at radius 3 is 2.75 bits per heavy atom. The van der Waals surface area contributed by atoms with E-state index in [-0.39, 0.29) is 11.3 Å². The number of rotatable bonds is 5. The average molecular weight is 381 g/mol. The predicted molar refractivity (Wildman–Crippen MR) is 111 cm³/mol. The molecule has 0 bridgehead atoms. The Balaban J connectivity index is 1.89. The summed E-state index contributed by atoms with van der Waals surface area (Å²) in [6, 6.07) is 5.15. The van der Waals surface area contributed by atoms with E-state index >= 15 is 0 Å². The van der Waals surface area contributed by atoms with E-state index in [1.54, 1.807) is 19.5 Å². The molecule has 7 heteroatoms. The molecule has 3 rings (SSSR count). The molecule has 0 spiro atoms. The van der Waals surface area contributed by atoms with Gasteiger partial charge in [-0.3, -0.25) is 9.78 Å². The third-order valence-corrected chi connectivity index (χ3v) is 4.46. The van der Waals surface area contributed by atoms with Crippen LogP contribution in [0.5, 0.6) is 5.75 Å². The molecule has 3 aromatic heterocycles. The molecule has 0 fully saturated rings. The lowest BCUT2D eigenvalue weighted by Crippen LogP contribution is -2.38. The van der Waals surface area contributed by atoms with Crippen LogP contribution in [0.3, 0.4) is 0 Å². The first-order valence-corrected chi connectivity index (χ1v) is 9.23. The lowest BCUT2D eigenvalue weighted by Gasteiger charge is -2.22. The Labute approximate surface area is 164 Å². The van der Waals surface area contributed by atoms with E-state index < -0.39 is 6.04 Å². The smallest absolute Gasteiger partial charge is 0.241 e. The van der Waals surface area contributed by atoms with Crippen LogP contribution >= 0.6 is 0 Å². The van der Waals surface area contributed by atoms with Gasteiger partial charge in [0.2, 0.25) is 5.91 Å². The molecule has 148 valence electrons. The van der Waals surface area contributed by atoms with Gasteiger partial charge in [0.05, 0.1) is 25.0 Å². The number of amides is 1. The van der Waals surface area contributed by atoms with Gasteiger partial charge in [0.1, 0.15) is 17.1 Å². The first kappa shape index (κ1) is 19.8. The molecule has 1 atom stereocenters. The number of carbonyl (C=O) groups is 1. The number of pyridine rings is 2. The van der Waals surface area contributed by atoms with Crippen molar-refractivity contribution in [3.63, 3.8) is 0 Å². The van der Waals surface area contributed by atoms with Crippen molar-refractivity contribution in [3.05, 3.63) is 36.3 Å². The van der Waals surface area contributed by atoms with Gasteiger partial charge in [0, 0.05) is 28.9 Å². The van der Waals surface area contributed by atoms with E-state index in [2.05, 4.69) is 41.0 Å². The summed E-state index contributed by atoms with van der Waals surface area (Å²) in [4.78, 5) is 24.6. The first-order chi connectivity index (χ1) is 13.2. The predicted octanol–water partition coefficient (Wildman–Crippen LogP) is 3.64. The summed E-state index contributed by atoms with van der Waals surface area (Å²) in [6.45, 7) is 8.14. The Kier molecular flexibility index (Phi) is 5.38. The number of aromatic nitrogens is 3. The number of carbonyl (C=O) groups excluding carboxylic acids is 1. The largest absolute Gasteiger partial charge is 0.494 e. The van der Waals surface area contributed by atoms with Crippen molar-refractivity contribution < 1.29 is 9.53 Å². The number of ether oxygens (including phenoxy) is 1. The summed E-state index contributed by atoms with van der Waals surface area (Å²) < 4.78 is 5.49. The normalized spacial score (nSPS) is 12.8. The number of nitrogens with one attached hydrogen (secondary N) is 2. The van der Waals surface area contributed by atoms with E-state index in [4.69, 9.17) is 10.5 Å². The number of methoxy groups -OCH3 is 1. The second-order valence-corrected chi connectivity index (χ2v) is 8.20. The molecule has 0 radical (unpaired) electrons. The molecule has 0 aliphatic carbocycles. The van der Waals surface area contributed by atoms with Gasteiger partial charge in [-0.15, -0.1) is 0 Å². The van der Waals surface area contributed by atoms with Gasteiger partial charge in [-0.25, -0.2) is 4.98 Å². The SMILES string of the molecule is COc1cc(-c2ccnc3[nH]c(C)cc23)ncc1NC(=O)[C@H](N)CC(C)(C)C. The monoisotopic (exact) mass is 381 g/mol. The molecule has 0 saturated carbocycles. The highest BCUT2D eigenvalue weighted by Gasteiger charge is 2.22. The summed E-state index contributed by atoms with van der Waals surface area (Å²) in [5.74, 6) is 0.272. The molecule has 0 aliphatic rings. The second-order valence-electron chi connectivity index (χ2n) is 8.20. The molecule has 0 aromatic carbocycles. The third-order valence-electron chi connectivity index (χ3n) is 4.46. The maximum absolute atomic E-state index is 12.5. The zero-order valence-corrected chi connectivity index (χ0v) is 17.0. The topological polar surface area (TPSA) is 106 Å². The van der Waals surface area contributed by atoms with E-state index in [0.717, 1.165) is 28.0 Å². The zero-order chi connectivity index (χ0) is 20.5. The molecule has 4 N–H and O–H groups in total. The van der Waals surface area contributed by atoms with Crippen LogP contribution < -0.4 is 15.8 Å². The molecule has 7 nitrogen and oxygen atoms in total. The van der Waals surface area contributed by atoms with Crippen LogP contribution in [0.15, 0.2) is 30.6 Å². The number of H-pyrrole nitrogens is 1. The first-order valence-electron chi connectivity index (χ1n) is 9.23. The van der Waals surface area contributed by atoms with E-state index in [1.165, 1.54) is 0 Å². The third kappa shape index (κ3) is 4.31. The minimum Gasteiger partial charge on any atom is -0.494 e. The van der Waals surface area contributed by atoms with Crippen LogP contribution in [0.2, 0.25) is 0 Å². The quantitative estimate of drug-likeness (QED) is 0.625. The highest BCUT2D eigenvalue weighted by atomic mass is 16.5. The number of hydrogen-bond acceptors (Lipinski definition) is 5. The standard InChI is InChI=1S/C21H27N5O2/c1-12-8-14-13(6-7-23-19(14)25-12)16-9-18(28-5)17(11-24-16)26-20(27)15(22)10-21(2,3)4/h6-9,11,15H,10,22H2,1-5H3,(H,23,25)(H,26,27)/t15-/m1/s1. The fraction of sp³-hybridized carbons (Fsp3) is 0.381. The van der Waals surface area contributed by atoms with E-state index in [9.17, 15) is 4.79 Å². The van der Waals surface area contributed by atoms with Gasteiger partial charge in [-0.1, -0.05) is 20.8 Å². The van der Waals surface area contributed by atoms with Crippen molar-refractivity contribution >= 4 is 22.6 Å². The van der Waals surface area contributed by atoms with Crippen molar-refractivity contribution in [1.29, 1.82) is 0 Å². The molecule has 0 saturated heterocycles. The Morgan fingerprint density at radius 1 is 1.32 bits per heavy atom. The average Bonchev–Trinajstić information content (AvgIpc) is 3.00. The van der Waals surface area contributed by atoms with E-state index in [0.29, 0.717) is 17.9 Å². The summed E-state index contributed by atoms with van der Waals surface area (Å²) >= 11 is 0. The fourth-order valence-electron chi connectivity index (χ4n) is 3.21. The van der Waals surface area contributed by atoms with Crippen molar-refractivity contribution in [2.24, 2.45) is 11.1 Å². The van der Waals surface area contributed by atoms with Crippen molar-refractivity contribution in [1.82, 2.24) is 15.0 Å². The van der Waals surface area contributed by atoms with Crippen LogP contribution in [0.1, 0.15) is 32.9 Å². The van der Waals surface area contributed by atoms with Gasteiger partial charge in [0.15, 0.2) is 0 Å². The number of anilines is 1. The minimum absolute atomic E-state index is 0.0373. The van der Waals surface area contributed by atoms with Gasteiger partial charge in [-0.05, 0) is 30.9 Å². The van der Waals surface area contributed by atoms with Crippen LogP contribution in [0, 0.1) is 12.3 Å². The zero-order valence-electron chi connectivity index (χ0n) is 17.0. The Hall–Kier alpha value is -2.93. The summed E-state index contributed by atoms with van der Waals surface area (Å²) in [5, 5.41) is 3.82. The van der Waals surface area contributed by atoms with E-state index in [1.807, 2.05) is 25.1 Å². The van der Waals surface area contributed by atoms with Gasteiger partial charge < -0.3 is 20.8 Å². The number of hydrogen-bond donors (Lipinski definition) is 3. The molecule has 3 heterocycles. The highest BCUT2D eigenvalue weighted by Crippen LogP contribution is 2.32. The summed E-state index contributed by atoms with van der Waals surface area (Å²) in [7, 11) is 1.56. The number of nitrogens with zero attached hydrogens (tertiary/aromatic N) is 2. The lowest BCUT2D eigenvalue weighted by molar-refractivity contribution is -0.118. The van der Waals surface area contributed by atoms with Crippen molar-refractivity contribution in [2.75, 3.05) is 12.4 Å². The Bertz CT molecular complexity index is 1000. The molecule has 0 unspecified atom stereocenters. The molecule has 0 aliphatic heterocycles. The van der Waals surface area contributed by atoms with Gasteiger partial charge >= 0.3 is 0 Å². The van der Waals surface area contributed by atoms with Gasteiger partial charge in [-0.2, -0.15) is 0 Å². The van der Waals surface area contributed by atoms with Crippen LogP contribution in [-0.4, -0.2) is 34.0 Å². The number of nitrogens with two attached hydrogens (primary N) is 1. The highest BCUT2D eigenvalue weighted by molar-refractivity contribution is 5.97. The fourth-order valence-corrected chi connectivity index (χ4v) is 3.21. The Morgan fingerprint density at radius 2 is 2.07 bits per heavy atom. The maximum atomic E-state index is 12.5. The minimum atomic E-state index is -0.605. The molecular formula is C21H27N5O2. The van der Waals surface area contributed by atoms with Crippen LogP contribution in [0.4, 0.5) is 5.69 Å². The maximum Gasteiger partial charge on any atom is 0.241 e. The summed E-state index contributed by atoms with van der Waals surface area (Å²) in [6.07, 6.45) is 3.92. The second kappa shape index (κ2) is 7.59. The number of aryl methyl sites for hydroxylation is 1. The van der Waals surface area contributed by atoms with Crippen LogP contribution in [0.25, 0.3) is 22.3 Å². The summed E-state index contributed by atoms with van der Waals surface area (Å²) in [5.41, 5.74) is 10.0. The number of aromatic amines is 1.